The van der Waals surface area contributed by atoms with Gasteiger partial charge in [-0.2, -0.15) is 13.7 Å². The number of hydrogen-bond donors (Lipinski definition) is 2. The van der Waals surface area contributed by atoms with Crippen molar-refractivity contribution in [3.8, 4) is 6.07 Å². The number of hydrogen-bond acceptors (Lipinski definition) is 4. The number of thioether (sulfide) groups is 1. The molecule has 0 heterocycles. The van der Waals surface area contributed by atoms with Gasteiger partial charge >= 0.3 is 0 Å². The third-order valence-electron chi connectivity index (χ3n) is 2.48. The lowest BCUT2D eigenvalue weighted by Crippen LogP contribution is -2.33. The van der Waals surface area contributed by atoms with Crippen LogP contribution in [0.25, 0.3) is 0 Å². The van der Waals surface area contributed by atoms with E-state index in [1.807, 2.05) is 19.2 Å². The first-order chi connectivity index (χ1) is 8.37. The molecule has 18 heavy (non-hydrogen) atoms. The second-order valence-corrected chi connectivity index (χ2v) is 6.09. The number of nitriles is 1. The molecule has 0 aliphatic rings. The summed E-state index contributed by atoms with van der Waals surface area (Å²) in [6.45, 7) is 2.09. The van der Waals surface area contributed by atoms with Crippen LogP contribution in [0.2, 0.25) is 0 Å². The maximum atomic E-state index is 10.9. The molecule has 1 atom stereocenters. The van der Waals surface area contributed by atoms with Gasteiger partial charge in [0.05, 0.1) is 11.6 Å². The molecule has 0 aromatic heterocycles. The highest BCUT2D eigenvalue weighted by Gasteiger charge is 2.13. The molecule has 0 radical (unpaired) electrons. The van der Waals surface area contributed by atoms with Crippen molar-refractivity contribution in [2.45, 2.75) is 17.7 Å². The van der Waals surface area contributed by atoms with E-state index >= 15 is 0 Å². The molecule has 0 saturated carbocycles. The molecule has 98 valence electrons. The predicted octanol–water partition coefficient (Wildman–Crippen LogP) is 1.18. The molecule has 0 saturated heterocycles. The van der Waals surface area contributed by atoms with Gasteiger partial charge in [-0.15, -0.1) is 11.8 Å². The van der Waals surface area contributed by atoms with Gasteiger partial charge in [-0.1, -0.05) is 6.92 Å². The molecule has 1 aromatic rings. The Hall–Kier alpha value is -1.07. The minimum absolute atomic E-state index is 0.0564. The molecule has 1 rings (SSSR count). The zero-order valence-electron chi connectivity index (χ0n) is 10.2. The van der Waals surface area contributed by atoms with Gasteiger partial charge in [0.15, 0.2) is 0 Å². The predicted molar refractivity (Wildman–Crippen MR) is 72.5 cm³/mol. The smallest absolute Gasteiger partial charge is 0.216 e. The molecular weight excluding hydrogens is 270 g/mol. The van der Waals surface area contributed by atoms with Crippen molar-refractivity contribution in [3.63, 3.8) is 0 Å². The molecule has 1 unspecified atom stereocenters. The Morgan fingerprint density at radius 3 is 2.72 bits per heavy atom. The summed E-state index contributed by atoms with van der Waals surface area (Å²) in [4.78, 5) is 1.03. The highest BCUT2D eigenvalue weighted by Crippen LogP contribution is 2.27. The average molecular weight is 285 g/mol. The van der Waals surface area contributed by atoms with Crippen LogP contribution < -0.4 is 9.86 Å². The third-order valence-corrected chi connectivity index (χ3v) is 3.86. The van der Waals surface area contributed by atoms with Crippen LogP contribution in [0.4, 0.5) is 0 Å². The van der Waals surface area contributed by atoms with Crippen molar-refractivity contribution in [1.29, 1.82) is 5.26 Å². The number of nitrogens with one attached hydrogen (secondary N) is 1. The largest absolute Gasteiger partial charge is 0.274 e. The summed E-state index contributed by atoms with van der Waals surface area (Å²) >= 11 is 1.56. The van der Waals surface area contributed by atoms with E-state index in [9.17, 15) is 8.42 Å². The molecule has 0 aliphatic carbocycles. The summed E-state index contributed by atoms with van der Waals surface area (Å²) in [5.41, 5.74) is 1.50. The van der Waals surface area contributed by atoms with E-state index in [1.165, 1.54) is 0 Å². The van der Waals surface area contributed by atoms with Crippen molar-refractivity contribution in [2.75, 3.05) is 12.8 Å². The Bertz CT molecular complexity index is 564. The first kappa shape index (κ1) is 15.0. The van der Waals surface area contributed by atoms with Crippen molar-refractivity contribution in [1.82, 2.24) is 4.72 Å². The maximum Gasteiger partial charge on any atom is 0.274 e. The van der Waals surface area contributed by atoms with Crippen LogP contribution >= 0.6 is 11.8 Å². The van der Waals surface area contributed by atoms with Crippen LogP contribution in [-0.2, 0) is 10.2 Å². The van der Waals surface area contributed by atoms with Crippen LogP contribution in [0.1, 0.15) is 24.0 Å². The summed E-state index contributed by atoms with van der Waals surface area (Å²) in [5.74, 6) is -0.0564. The van der Waals surface area contributed by atoms with Gasteiger partial charge in [0.25, 0.3) is 10.2 Å². The summed E-state index contributed by atoms with van der Waals surface area (Å²) in [6, 6.07) is 7.46. The van der Waals surface area contributed by atoms with E-state index in [4.69, 9.17) is 10.4 Å². The highest BCUT2D eigenvalue weighted by molar-refractivity contribution is 7.98. The highest BCUT2D eigenvalue weighted by atomic mass is 32.2. The lowest BCUT2D eigenvalue weighted by molar-refractivity contribution is 0.576. The molecule has 0 aliphatic heterocycles. The summed E-state index contributed by atoms with van der Waals surface area (Å²) < 4.78 is 24.0. The van der Waals surface area contributed by atoms with E-state index < -0.39 is 10.2 Å². The number of nitrogens with zero attached hydrogens (tertiary/aromatic N) is 1. The van der Waals surface area contributed by atoms with Crippen LogP contribution in [0.3, 0.4) is 0 Å². The van der Waals surface area contributed by atoms with E-state index in [0.29, 0.717) is 5.56 Å². The normalized spacial score (nSPS) is 13.0. The number of nitrogens with two attached hydrogens (primary N) is 1. The van der Waals surface area contributed by atoms with Gasteiger partial charge in [-0.05, 0) is 35.9 Å². The van der Waals surface area contributed by atoms with Crippen LogP contribution in [0, 0.1) is 11.3 Å². The van der Waals surface area contributed by atoms with Gasteiger partial charge in [-0.25, -0.2) is 9.86 Å². The van der Waals surface area contributed by atoms with Crippen LogP contribution in [0.5, 0.6) is 0 Å². The SMILES string of the molecule is CSc1ccc(C#N)cc1C(C)CNS(N)(=O)=O. The van der Waals surface area contributed by atoms with Gasteiger partial charge in [0.1, 0.15) is 0 Å². The van der Waals surface area contributed by atoms with Crippen molar-refractivity contribution in [3.05, 3.63) is 29.3 Å². The van der Waals surface area contributed by atoms with Gasteiger partial charge in [-0.3, -0.25) is 0 Å². The molecule has 0 fully saturated rings. The minimum atomic E-state index is -3.68. The summed E-state index contributed by atoms with van der Waals surface area (Å²) in [5, 5.41) is 13.8. The average Bonchev–Trinajstić information content (AvgIpc) is 2.34. The minimum Gasteiger partial charge on any atom is -0.216 e. The number of rotatable bonds is 5. The Balaban J connectivity index is 2.96. The van der Waals surface area contributed by atoms with Crippen LogP contribution in [0.15, 0.2) is 23.1 Å². The lowest BCUT2D eigenvalue weighted by atomic mass is 9.99. The summed E-state index contributed by atoms with van der Waals surface area (Å²) in [7, 11) is -3.68. The third kappa shape index (κ3) is 4.31. The molecule has 0 bridgehead atoms. The van der Waals surface area contributed by atoms with Crippen molar-refractivity contribution >= 4 is 22.0 Å². The zero-order valence-corrected chi connectivity index (χ0v) is 11.8. The standard InChI is InChI=1S/C11H15N3O2S2/c1-8(7-14-18(13,15)16)10-5-9(6-12)3-4-11(10)17-2/h3-5,8,14H,7H2,1-2H3,(H2,13,15,16). The van der Waals surface area contributed by atoms with Crippen molar-refractivity contribution in [2.24, 2.45) is 5.14 Å². The van der Waals surface area contributed by atoms with Gasteiger partial charge in [0, 0.05) is 11.4 Å². The Kier molecular flexibility index (Phi) is 5.16. The maximum absolute atomic E-state index is 10.9. The number of benzene rings is 1. The van der Waals surface area contributed by atoms with Gasteiger partial charge < -0.3 is 0 Å². The monoisotopic (exact) mass is 285 g/mol. The van der Waals surface area contributed by atoms with Crippen LogP contribution in [-0.4, -0.2) is 21.2 Å². The Morgan fingerprint density at radius 1 is 1.56 bits per heavy atom. The Labute approximate surface area is 112 Å². The van der Waals surface area contributed by atoms with Gasteiger partial charge in [0.2, 0.25) is 0 Å². The fourth-order valence-corrected chi connectivity index (χ4v) is 2.72. The topological polar surface area (TPSA) is 96.0 Å². The Morgan fingerprint density at radius 2 is 2.22 bits per heavy atom. The summed E-state index contributed by atoms with van der Waals surface area (Å²) in [6.07, 6.45) is 1.94. The fourth-order valence-electron chi connectivity index (χ4n) is 1.54. The second-order valence-electron chi connectivity index (χ2n) is 3.86. The van der Waals surface area contributed by atoms with E-state index in [2.05, 4.69) is 10.8 Å². The molecule has 0 spiro atoms. The zero-order chi connectivity index (χ0) is 13.8. The first-order valence-corrected chi connectivity index (χ1v) is 8.00. The lowest BCUT2D eigenvalue weighted by Gasteiger charge is -2.15. The molecule has 7 heteroatoms. The van der Waals surface area contributed by atoms with Crippen molar-refractivity contribution < 1.29 is 8.42 Å². The molecule has 5 nitrogen and oxygen atoms in total. The molecule has 0 amide bonds. The second kappa shape index (κ2) is 6.20. The molecular formula is C11H15N3O2S2. The van der Waals surface area contributed by atoms with E-state index in [0.717, 1.165) is 10.5 Å². The first-order valence-electron chi connectivity index (χ1n) is 5.22. The molecule has 3 N–H and O–H groups in total. The quantitative estimate of drug-likeness (QED) is 0.794. The fraction of sp³-hybridized carbons (Fsp3) is 0.364. The van der Waals surface area contributed by atoms with E-state index in [1.54, 1.807) is 23.9 Å². The van der Waals surface area contributed by atoms with E-state index in [-0.39, 0.29) is 12.5 Å². The molecule has 1 aromatic carbocycles.